The summed E-state index contributed by atoms with van der Waals surface area (Å²) >= 11 is 8.26. The average Bonchev–Trinajstić information content (AvgIpc) is 2.73. The first-order valence-electron chi connectivity index (χ1n) is 4.37. The largest absolute Gasteiger partial charge is 0.248 e. The maximum Gasteiger partial charge on any atom is 0.181 e. The van der Waals surface area contributed by atoms with E-state index in [1.807, 2.05) is 19.2 Å². The van der Waals surface area contributed by atoms with Gasteiger partial charge < -0.3 is 0 Å². The van der Waals surface area contributed by atoms with Gasteiger partial charge in [-0.05, 0) is 52.5 Å². The summed E-state index contributed by atoms with van der Waals surface area (Å²) in [6, 6.07) is 1.97. The van der Waals surface area contributed by atoms with Gasteiger partial charge in [-0.15, -0.1) is 10.2 Å². The van der Waals surface area contributed by atoms with Crippen molar-refractivity contribution in [1.82, 2.24) is 15.2 Å². The summed E-state index contributed by atoms with van der Waals surface area (Å²) in [6.07, 6.45) is 3.80. The van der Waals surface area contributed by atoms with Gasteiger partial charge in [0.25, 0.3) is 0 Å². The third-order valence-corrected chi connectivity index (χ3v) is 6.01. The predicted molar refractivity (Wildman–Crippen MR) is 72.5 cm³/mol. The molecule has 0 bridgehead atoms. The lowest BCUT2D eigenvalue weighted by Gasteiger charge is -2.02. The van der Waals surface area contributed by atoms with Gasteiger partial charge in [-0.1, -0.05) is 23.1 Å². The average molecular weight is 334 g/mol. The molecule has 0 saturated carbocycles. The van der Waals surface area contributed by atoms with Crippen molar-refractivity contribution in [2.75, 3.05) is 6.26 Å². The van der Waals surface area contributed by atoms with Gasteiger partial charge in [0.05, 0.1) is 4.47 Å². The van der Waals surface area contributed by atoms with Crippen LogP contribution in [0.4, 0.5) is 0 Å². The van der Waals surface area contributed by atoms with Crippen LogP contribution in [0.5, 0.6) is 0 Å². The summed E-state index contributed by atoms with van der Waals surface area (Å²) in [6.45, 7) is 2.04. The lowest BCUT2D eigenvalue weighted by atomic mass is 10.3. The first kappa shape index (κ1) is 12.3. The Hall–Kier alpha value is -0.110. The number of hydrogen-bond donors (Lipinski definition) is 0. The van der Waals surface area contributed by atoms with Gasteiger partial charge in [-0.25, -0.2) is 4.98 Å². The van der Waals surface area contributed by atoms with Gasteiger partial charge in [-0.2, -0.15) is 0 Å². The van der Waals surface area contributed by atoms with E-state index in [0.717, 1.165) is 18.2 Å². The highest BCUT2D eigenvalue weighted by molar-refractivity contribution is 9.10. The second-order valence-electron chi connectivity index (χ2n) is 2.89. The van der Waals surface area contributed by atoms with Crippen molar-refractivity contribution >= 4 is 50.8 Å². The molecule has 0 amide bonds. The first-order chi connectivity index (χ1) is 7.70. The molecule has 84 valence electrons. The maximum atomic E-state index is 4.32. The third kappa shape index (κ3) is 2.77. The summed E-state index contributed by atoms with van der Waals surface area (Å²) < 4.78 is 2.93. The van der Waals surface area contributed by atoms with E-state index >= 15 is 0 Å². The highest BCUT2D eigenvalue weighted by Crippen LogP contribution is 2.36. The summed E-state index contributed by atoms with van der Waals surface area (Å²) in [5, 5.41) is 9.09. The molecule has 0 aliphatic heterocycles. The van der Waals surface area contributed by atoms with Gasteiger partial charge in [0.2, 0.25) is 0 Å². The molecule has 7 heteroatoms. The number of pyridine rings is 1. The molecule has 0 unspecified atom stereocenters. The van der Waals surface area contributed by atoms with Crippen molar-refractivity contribution in [3.8, 4) is 0 Å². The Morgan fingerprint density at radius 1 is 1.31 bits per heavy atom. The zero-order chi connectivity index (χ0) is 11.5. The summed E-state index contributed by atoms with van der Waals surface area (Å²) in [5.41, 5.74) is 1.17. The van der Waals surface area contributed by atoms with Crippen LogP contribution in [-0.2, 0) is 0 Å². The van der Waals surface area contributed by atoms with Crippen molar-refractivity contribution in [2.45, 2.75) is 20.6 Å². The fourth-order valence-electron chi connectivity index (χ4n) is 0.990. The van der Waals surface area contributed by atoms with E-state index in [0.29, 0.717) is 0 Å². The van der Waals surface area contributed by atoms with Gasteiger partial charge in [-0.3, -0.25) is 0 Å². The normalized spacial score (nSPS) is 10.7. The Kier molecular flexibility index (Phi) is 4.23. The van der Waals surface area contributed by atoms with Crippen LogP contribution < -0.4 is 0 Å². The smallest absolute Gasteiger partial charge is 0.181 e. The first-order valence-corrected chi connectivity index (χ1v) is 8.02. The van der Waals surface area contributed by atoms with E-state index in [1.165, 1.54) is 17.3 Å². The van der Waals surface area contributed by atoms with E-state index in [9.17, 15) is 0 Å². The molecule has 2 aromatic heterocycles. The van der Waals surface area contributed by atoms with Gasteiger partial charge in [0.15, 0.2) is 8.68 Å². The van der Waals surface area contributed by atoms with Crippen LogP contribution in [0, 0.1) is 6.92 Å². The van der Waals surface area contributed by atoms with E-state index in [2.05, 4.69) is 31.1 Å². The summed E-state index contributed by atoms with van der Waals surface area (Å²) in [5.74, 6) is 0. The van der Waals surface area contributed by atoms with Crippen LogP contribution in [0.15, 0.2) is 30.4 Å². The Morgan fingerprint density at radius 2 is 2.06 bits per heavy atom. The quantitative estimate of drug-likeness (QED) is 0.797. The lowest BCUT2D eigenvalue weighted by molar-refractivity contribution is 0.952. The number of aryl methyl sites for hydroxylation is 1. The van der Waals surface area contributed by atoms with E-state index < -0.39 is 0 Å². The lowest BCUT2D eigenvalue weighted by Crippen LogP contribution is -1.84. The molecular formula is C9H8BrN3S3. The van der Waals surface area contributed by atoms with Gasteiger partial charge in [0.1, 0.15) is 5.03 Å². The predicted octanol–water partition coefficient (Wildman–Crippen LogP) is 3.88. The molecule has 0 aliphatic rings. The molecule has 0 fully saturated rings. The van der Waals surface area contributed by atoms with E-state index in [-0.39, 0.29) is 0 Å². The number of aromatic nitrogens is 3. The Labute approximate surface area is 115 Å². The molecule has 2 rings (SSSR count). The molecule has 16 heavy (non-hydrogen) atoms. The molecule has 2 heterocycles. The van der Waals surface area contributed by atoms with E-state index in [1.54, 1.807) is 29.3 Å². The van der Waals surface area contributed by atoms with Crippen LogP contribution in [0.25, 0.3) is 0 Å². The third-order valence-electron chi connectivity index (χ3n) is 1.80. The fourth-order valence-corrected chi connectivity index (χ4v) is 3.88. The Balaban J connectivity index is 2.23. The number of nitrogens with zero attached hydrogens (tertiary/aromatic N) is 3. The molecule has 0 atom stereocenters. The van der Waals surface area contributed by atoms with Crippen LogP contribution in [0.1, 0.15) is 5.56 Å². The number of rotatable bonds is 3. The highest BCUT2D eigenvalue weighted by atomic mass is 79.9. The number of halogens is 1. The minimum absolute atomic E-state index is 0.920. The molecular weight excluding hydrogens is 326 g/mol. The second kappa shape index (κ2) is 5.48. The Morgan fingerprint density at radius 3 is 2.75 bits per heavy atom. The topological polar surface area (TPSA) is 38.7 Å². The summed E-state index contributed by atoms with van der Waals surface area (Å²) in [7, 11) is 0. The van der Waals surface area contributed by atoms with Crippen LogP contribution >= 0.6 is 50.8 Å². The van der Waals surface area contributed by atoms with Crippen LogP contribution in [0.2, 0.25) is 0 Å². The van der Waals surface area contributed by atoms with Crippen molar-refractivity contribution in [1.29, 1.82) is 0 Å². The number of hydrogen-bond acceptors (Lipinski definition) is 6. The molecule has 0 N–H and O–H groups in total. The van der Waals surface area contributed by atoms with Crippen molar-refractivity contribution < 1.29 is 0 Å². The minimum Gasteiger partial charge on any atom is -0.248 e. The molecule has 0 saturated heterocycles. The minimum atomic E-state index is 0.920. The molecule has 2 aromatic rings. The maximum absolute atomic E-state index is 4.32. The molecule has 0 radical (unpaired) electrons. The zero-order valence-corrected chi connectivity index (χ0v) is 12.6. The van der Waals surface area contributed by atoms with Crippen LogP contribution in [-0.4, -0.2) is 21.4 Å². The van der Waals surface area contributed by atoms with Crippen molar-refractivity contribution in [2.24, 2.45) is 0 Å². The molecule has 0 aliphatic carbocycles. The fraction of sp³-hybridized carbons (Fsp3) is 0.222. The number of thioether (sulfide) groups is 1. The van der Waals surface area contributed by atoms with Crippen molar-refractivity contribution in [3.63, 3.8) is 0 Å². The van der Waals surface area contributed by atoms with Crippen LogP contribution in [0.3, 0.4) is 0 Å². The van der Waals surface area contributed by atoms with Crippen molar-refractivity contribution in [3.05, 3.63) is 22.3 Å². The molecule has 0 spiro atoms. The second-order valence-corrected chi connectivity index (χ2v) is 6.95. The molecule has 0 aromatic carbocycles. The molecule has 3 nitrogen and oxygen atoms in total. The van der Waals surface area contributed by atoms with E-state index in [4.69, 9.17) is 0 Å². The SMILES string of the molecule is CSc1nnc(Sc2nccc(C)c2Br)s1. The Bertz CT molecular complexity index is 500. The highest BCUT2D eigenvalue weighted by Gasteiger charge is 2.10. The van der Waals surface area contributed by atoms with Gasteiger partial charge in [0, 0.05) is 6.20 Å². The standard InChI is InChI=1S/C9H8BrN3S3/c1-5-3-4-11-7(6(5)10)15-9-13-12-8(14-2)16-9/h3-4H,1-2H3. The monoisotopic (exact) mass is 333 g/mol. The van der Waals surface area contributed by atoms with Gasteiger partial charge >= 0.3 is 0 Å². The zero-order valence-electron chi connectivity index (χ0n) is 8.60. The summed E-state index contributed by atoms with van der Waals surface area (Å²) in [4.78, 5) is 4.32.